The van der Waals surface area contributed by atoms with Gasteiger partial charge >= 0.3 is 0 Å². The lowest BCUT2D eigenvalue weighted by Gasteiger charge is -2.43. The maximum Gasteiger partial charge on any atom is 0.251 e. The van der Waals surface area contributed by atoms with Gasteiger partial charge in [0.1, 0.15) is 17.2 Å². The average molecular weight is 452 g/mol. The van der Waals surface area contributed by atoms with Crippen molar-refractivity contribution in [1.29, 1.82) is 0 Å². The first-order chi connectivity index (χ1) is 16.1. The SMILES string of the molecule is O=C(NCCO)c1cc(N2CCC2c2ccc(F)cc2)c2nc(N3CCOCC3)cnc2c1. The minimum Gasteiger partial charge on any atom is -0.395 e. The summed E-state index contributed by atoms with van der Waals surface area (Å²) in [5.74, 6) is 0.243. The molecule has 0 spiro atoms. The second-order valence-electron chi connectivity index (χ2n) is 8.22. The number of fused-ring (bicyclic) bond motifs is 1. The number of halogens is 1. The Kier molecular flexibility index (Phi) is 6.06. The predicted octanol–water partition coefficient (Wildman–Crippen LogP) is 2.28. The van der Waals surface area contributed by atoms with Crippen LogP contribution >= 0.6 is 0 Å². The highest BCUT2D eigenvalue weighted by molar-refractivity contribution is 6.01. The quantitative estimate of drug-likeness (QED) is 0.594. The molecule has 172 valence electrons. The van der Waals surface area contributed by atoms with E-state index in [-0.39, 0.29) is 30.9 Å². The number of rotatable bonds is 6. The van der Waals surface area contributed by atoms with Crippen LogP contribution in [-0.4, -0.2) is 67.0 Å². The van der Waals surface area contributed by atoms with Gasteiger partial charge in [0.2, 0.25) is 0 Å². The third-order valence-electron chi connectivity index (χ3n) is 6.19. The van der Waals surface area contributed by atoms with Crippen LogP contribution in [0.3, 0.4) is 0 Å². The van der Waals surface area contributed by atoms with Crippen LogP contribution < -0.4 is 15.1 Å². The molecule has 1 atom stereocenters. The summed E-state index contributed by atoms with van der Waals surface area (Å²) in [5.41, 5.74) is 3.66. The van der Waals surface area contributed by atoms with Gasteiger partial charge in [-0.15, -0.1) is 0 Å². The normalized spacial score (nSPS) is 18.3. The zero-order valence-corrected chi connectivity index (χ0v) is 18.2. The van der Waals surface area contributed by atoms with Crippen molar-refractivity contribution in [2.75, 3.05) is 55.8 Å². The summed E-state index contributed by atoms with van der Waals surface area (Å²) in [7, 11) is 0. The van der Waals surface area contributed by atoms with Gasteiger partial charge < -0.3 is 25.0 Å². The smallest absolute Gasteiger partial charge is 0.251 e. The van der Waals surface area contributed by atoms with E-state index in [1.165, 1.54) is 12.1 Å². The lowest BCUT2D eigenvalue weighted by Crippen LogP contribution is -2.41. The number of anilines is 2. The molecule has 2 N–H and O–H groups in total. The summed E-state index contributed by atoms with van der Waals surface area (Å²) in [5, 5.41) is 11.8. The van der Waals surface area contributed by atoms with E-state index in [0.29, 0.717) is 24.3 Å². The van der Waals surface area contributed by atoms with Gasteiger partial charge in [-0.2, -0.15) is 0 Å². The Balaban J connectivity index is 1.56. The van der Waals surface area contributed by atoms with Crippen molar-refractivity contribution in [1.82, 2.24) is 15.3 Å². The number of ether oxygens (including phenoxy) is 1. The van der Waals surface area contributed by atoms with Crippen LogP contribution in [0.5, 0.6) is 0 Å². The van der Waals surface area contributed by atoms with Crippen LogP contribution in [0.15, 0.2) is 42.6 Å². The number of aliphatic hydroxyl groups excluding tert-OH is 1. The molecule has 0 aliphatic carbocycles. The van der Waals surface area contributed by atoms with Gasteiger partial charge in [-0.05, 0) is 36.2 Å². The van der Waals surface area contributed by atoms with E-state index in [1.54, 1.807) is 24.4 Å². The van der Waals surface area contributed by atoms with E-state index < -0.39 is 0 Å². The Morgan fingerprint density at radius 3 is 2.67 bits per heavy atom. The number of aliphatic hydroxyl groups is 1. The number of carbonyl (C=O) groups excluding carboxylic acids is 1. The highest BCUT2D eigenvalue weighted by Gasteiger charge is 2.32. The number of hydrogen-bond donors (Lipinski definition) is 2. The standard InChI is InChI=1S/C24H26FN5O3/c25-18-3-1-16(2-4-18)20-5-7-30(20)21-14-17(24(32)26-6-10-31)13-19-23(21)28-22(15-27-19)29-8-11-33-12-9-29/h1-4,13-15,20,31H,5-12H2,(H,26,32). The minimum absolute atomic E-state index is 0.0680. The highest BCUT2D eigenvalue weighted by Crippen LogP contribution is 2.41. The summed E-state index contributed by atoms with van der Waals surface area (Å²) >= 11 is 0. The number of carbonyl (C=O) groups is 1. The van der Waals surface area contributed by atoms with E-state index in [4.69, 9.17) is 14.8 Å². The molecule has 2 fully saturated rings. The van der Waals surface area contributed by atoms with Crippen LogP contribution in [-0.2, 0) is 4.74 Å². The minimum atomic E-state index is -0.273. The van der Waals surface area contributed by atoms with E-state index in [1.807, 2.05) is 6.07 Å². The summed E-state index contributed by atoms with van der Waals surface area (Å²) in [6.45, 7) is 3.63. The molecule has 5 rings (SSSR count). The number of benzene rings is 2. The van der Waals surface area contributed by atoms with Crippen LogP contribution in [0, 0.1) is 5.82 Å². The first-order valence-electron chi connectivity index (χ1n) is 11.2. The molecule has 0 bridgehead atoms. The molecule has 33 heavy (non-hydrogen) atoms. The molecule has 3 heterocycles. The number of nitrogens with one attached hydrogen (secondary N) is 1. The monoisotopic (exact) mass is 451 g/mol. The van der Waals surface area contributed by atoms with Gasteiger partial charge in [0.25, 0.3) is 5.91 Å². The van der Waals surface area contributed by atoms with E-state index >= 15 is 0 Å². The van der Waals surface area contributed by atoms with Gasteiger partial charge in [0.05, 0.1) is 43.3 Å². The summed E-state index contributed by atoms with van der Waals surface area (Å²) in [6, 6.07) is 10.2. The maximum absolute atomic E-state index is 13.5. The summed E-state index contributed by atoms with van der Waals surface area (Å²) in [6.07, 6.45) is 2.66. The molecular formula is C24H26FN5O3. The first-order valence-corrected chi connectivity index (χ1v) is 11.2. The average Bonchev–Trinajstić information content (AvgIpc) is 2.83. The number of nitrogens with zero attached hydrogens (tertiary/aromatic N) is 4. The molecule has 1 amide bonds. The number of morpholine rings is 1. The zero-order valence-electron chi connectivity index (χ0n) is 18.2. The number of hydrogen-bond acceptors (Lipinski definition) is 7. The number of aromatic nitrogens is 2. The Morgan fingerprint density at radius 2 is 1.97 bits per heavy atom. The second kappa shape index (κ2) is 9.29. The fourth-order valence-electron chi connectivity index (χ4n) is 4.36. The Bertz CT molecular complexity index is 1150. The van der Waals surface area contributed by atoms with Crippen LogP contribution in [0.25, 0.3) is 11.0 Å². The van der Waals surface area contributed by atoms with Crippen LogP contribution in [0.1, 0.15) is 28.4 Å². The van der Waals surface area contributed by atoms with Crippen molar-refractivity contribution in [2.24, 2.45) is 0 Å². The van der Waals surface area contributed by atoms with Gasteiger partial charge in [0.15, 0.2) is 0 Å². The fourth-order valence-corrected chi connectivity index (χ4v) is 4.36. The van der Waals surface area contributed by atoms with Crippen molar-refractivity contribution in [3.8, 4) is 0 Å². The second-order valence-corrected chi connectivity index (χ2v) is 8.22. The van der Waals surface area contributed by atoms with Gasteiger partial charge in [-0.25, -0.2) is 9.37 Å². The lowest BCUT2D eigenvalue weighted by atomic mass is 9.93. The molecule has 0 saturated carbocycles. The molecule has 2 aliphatic heterocycles. The Hall–Kier alpha value is -3.30. The van der Waals surface area contributed by atoms with Gasteiger partial charge in [0, 0.05) is 31.7 Å². The van der Waals surface area contributed by atoms with E-state index in [9.17, 15) is 9.18 Å². The van der Waals surface area contributed by atoms with Crippen LogP contribution in [0.2, 0.25) is 0 Å². The largest absolute Gasteiger partial charge is 0.395 e. The molecule has 2 aliphatic rings. The van der Waals surface area contributed by atoms with Crippen molar-refractivity contribution >= 4 is 28.4 Å². The van der Waals surface area contributed by atoms with Crippen molar-refractivity contribution < 1.29 is 19.0 Å². The molecule has 8 nitrogen and oxygen atoms in total. The first kappa shape index (κ1) is 21.5. The predicted molar refractivity (Wildman–Crippen MR) is 123 cm³/mol. The third kappa shape index (κ3) is 4.34. The number of amides is 1. The van der Waals surface area contributed by atoms with E-state index in [2.05, 4.69) is 20.1 Å². The molecule has 1 aromatic heterocycles. The zero-order chi connectivity index (χ0) is 22.8. The van der Waals surface area contributed by atoms with Crippen LogP contribution in [0.4, 0.5) is 15.9 Å². The van der Waals surface area contributed by atoms with Crippen molar-refractivity contribution in [3.05, 3.63) is 59.5 Å². The van der Waals surface area contributed by atoms with E-state index in [0.717, 1.165) is 48.6 Å². The lowest BCUT2D eigenvalue weighted by molar-refractivity contribution is 0.0945. The maximum atomic E-state index is 13.5. The topological polar surface area (TPSA) is 90.8 Å². The fraction of sp³-hybridized carbons (Fsp3) is 0.375. The van der Waals surface area contributed by atoms with Gasteiger partial charge in [-0.1, -0.05) is 12.1 Å². The molecule has 9 heteroatoms. The molecule has 3 aromatic rings. The molecule has 2 aromatic carbocycles. The third-order valence-corrected chi connectivity index (χ3v) is 6.19. The van der Waals surface area contributed by atoms with Crippen molar-refractivity contribution in [3.63, 3.8) is 0 Å². The molecule has 2 saturated heterocycles. The van der Waals surface area contributed by atoms with Crippen molar-refractivity contribution in [2.45, 2.75) is 12.5 Å². The summed E-state index contributed by atoms with van der Waals surface area (Å²) < 4.78 is 18.9. The van der Waals surface area contributed by atoms with Gasteiger partial charge in [-0.3, -0.25) is 9.78 Å². The highest BCUT2D eigenvalue weighted by atomic mass is 19.1. The molecule has 1 unspecified atom stereocenters. The Labute approximate surface area is 191 Å². The summed E-state index contributed by atoms with van der Waals surface area (Å²) in [4.78, 5) is 26.6. The molecular weight excluding hydrogens is 425 g/mol. The Morgan fingerprint density at radius 1 is 1.18 bits per heavy atom. The molecule has 0 radical (unpaired) electrons.